The van der Waals surface area contributed by atoms with E-state index in [-0.39, 0.29) is 5.82 Å². The molecule has 1 saturated carbocycles. The Morgan fingerprint density at radius 2 is 2.06 bits per heavy atom. The maximum Gasteiger partial charge on any atom is 0.123 e. The van der Waals surface area contributed by atoms with Gasteiger partial charge in [-0.25, -0.2) is 4.39 Å². The summed E-state index contributed by atoms with van der Waals surface area (Å²) in [5.74, 6) is 0.169. The summed E-state index contributed by atoms with van der Waals surface area (Å²) in [6.45, 7) is 3.11. The number of alkyl halides is 1. The summed E-state index contributed by atoms with van der Waals surface area (Å²) in [7, 11) is 0. The average molecular weight is 256 g/mol. The highest BCUT2D eigenvalue weighted by Gasteiger charge is 2.23. The van der Waals surface area contributed by atoms with Gasteiger partial charge in [0, 0.05) is 24.2 Å². The van der Waals surface area contributed by atoms with Crippen molar-refractivity contribution in [3.63, 3.8) is 0 Å². The number of hydrogen-bond acceptors (Lipinski definition) is 1. The predicted molar refractivity (Wildman–Crippen MR) is 71.2 cm³/mol. The van der Waals surface area contributed by atoms with Gasteiger partial charge in [-0.2, -0.15) is 0 Å². The van der Waals surface area contributed by atoms with Crippen LogP contribution >= 0.6 is 11.6 Å². The highest BCUT2D eigenvalue weighted by Crippen LogP contribution is 2.31. The van der Waals surface area contributed by atoms with E-state index in [1.165, 1.54) is 31.7 Å². The highest BCUT2D eigenvalue weighted by atomic mass is 35.5. The van der Waals surface area contributed by atoms with Gasteiger partial charge in [-0.3, -0.25) is 0 Å². The smallest absolute Gasteiger partial charge is 0.123 e. The molecule has 0 saturated heterocycles. The minimum atomic E-state index is -0.202. The van der Waals surface area contributed by atoms with Crippen LogP contribution in [0.5, 0.6) is 0 Å². The Bertz CT molecular complexity index is 374. The summed E-state index contributed by atoms with van der Waals surface area (Å²) in [5, 5.41) is 0. The molecule has 1 aliphatic carbocycles. The fourth-order valence-electron chi connectivity index (χ4n) is 2.78. The first-order valence-electron chi connectivity index (χ1n) is 6.37. The molecule has 1 nitrogen and oxygen atoms in total. The average Bonchev–Trinajstić information content (AvgIpc) is 2.85. The fourth-order valence-corrected chi connectivity index (χ4v) is 3.00. The Hall–Kier alpha value is -0.760. The molecule has 0 aromatic heterocycles. The fraction of sp³-hybridized carbons (Fsp3) is 0.571. The van der Waals surface area contributed by atoms with Crippen molar-refractivity contribution in [1.82, 2.24) is 0 Å². The van der Waals surface area contributed by atoms with E-state index in [0.29, 0.717) is 11.9 Å². The van der Waals surface area contributed by atoms with E-state index in [1.807, 2.05) is 6.07 Å². The number of anilines is 1. The van der Waals surface area contributed by atoms with Crippen LogP contribution in [0.1, 0.15) is 38.2 Å². The van der Waals surface area contributed by atoms with Crippen LogP contribution in [0.25, 0.3) is 0 Å². The lowest BCUT2D eigenvalue weighted by Gasteiger charge is -2.31. The van der Waals surface area contributed by atoms with Gasteiger partial charge >= 0.3 is 0 Å². The molecule has 1 fully saturated rings. The topological polar surface area (TPSA) is 3.24 Å². The third-order valence-electron chi connectivity index (χ3n) is 3.60. The van der Waals surface area contributed by atoms with E-state index in [9.17, 15) is 4.39 Å². The zero-order chi connectivity index (χ0) is 12.3. The molecule has 1 aromatic carbocycles. The lowest BCUT2D eigenvalue weighted by Crippen LogP contribution is -2.33. The minimum absolute atomic E-state index is 0.202. The number of rotatable bonds is 4. The van der Waals surface area contributed by atoms with Crippen molar-refractivity contribution in [3.8, 4) is 0 Å². The van der Waals surface area contributed by atoms with Crippen LogP contribution < -0.4 is 4.90 Å². The Labute approximate surface area is 108 Å². The largest absolute Gasteiger partial charge is 0.369 e. The van der Waals surface area contributed by atoms with Crippen molar-refractivity contribution in [2.45, 2.75) is 44.5 Å². The van der Waals surface area contributed by atoms with Crippen LogP contribution in [-0.4, -0.2) is 12.6 Å². The molecule has 0 N–H and O–H groups in total. The zero-order valence-corrected chi connectivity index (χ0v) is 11.0. The van der Waals surface area contributed by atoms with E-state index in [4.69, 9.17) is 11.6 Å². The van der Waals surface area contributed by atoms with Gasteiger partial charge in [0.2, 0.25) is 0 Å². The molecule has 94 valence electrons. The molecule has 1 aromatic rings. The monoisotopic (exact) mass is 255 g/mol. The van der Waals surface area contributed by atoms with E-state index in [2.05, 4.69) is 11.8 Å². The summed E-state index contributed by atoms with van der Waals surface area (Å²) in [6.07, 6.45) is 5.09. The summed E-state index contributed by atoms with van der Waals surface area (Å²) in [4.78, 5) is 2.38. The van der Waals surface area contributed by atoms with E-state index in [0.717, 1.165) is 17.8 Å². The molecule has 0 amide bonds. The van der Waals surface area contributed by atoms with Crippen molar-refractivity contribution in [2.24, 2.45) is 0 Å². The molecule has 17 heavy (non-hydrogen) atoms. The summed E-state index contributed by atoms with van der Waals surface area (Å²) < 4.78 is 13.2. The lowest BCUT2D eigenvalue weighted by molar-refractivity contribution is 0.610. The minimum Gasteiger partial charge on any atom is -0.369 e. The van der Waals surface area contributed by atoms with Gasteiger partial charge in [0.1, 0.15) is 5.82 Å². The Morgan fingerprint density at radius 3 is 2.65 bits per heavy atom. The Morgan fingerprint density at radius 1 is 1.35 bits per heavy atom. The standard InChI is InChI=1S/C14H19ClFN/c1-2-17(13-5-3-4-6-13)14-8-7-12(16)9-11(14)10-15/h7-9,13H,2-6,10H2,1H3. The summed E-state index contributed by atoms with van der Waals surface area (Å²) in [5.41, 5.74) is 2.01. The van der Waals surface area contributed by atoms with E-state index < -0.39 is 0 Å². The van der Waals surface area contributed by atoms with Gasteiger partial charge in [0.15, 0.2) is 0 Å². The molecule has 3 heteroatoms. The first-order chi connectivity index (χ1) is 8.26. The van der Waals surface area contributed by atoms with Crippen molar-refractivity contribution in [3.05, 3.63) is 29.6 Å². The molecule has 0 bridgehead atoms. The van der Waals surface area contributed by atoms with Gasteiger partial charge < -0.3 is 4.90 Å². The van der Waals surface area contributed by atoms with Crippen LogP contribution in [0.15, 0.2) is 18.2 Å². The van der Waals surface area contributed by atoms with Gasteiger partial charge in [-0.05, 0) is 43.5 Å². The number of halogens is 2. The van der Waals surface area contributed by atoms with Gasteiger partial charge in [-0.1, -0.05) is 12.8 Å². The predicted octanol–water partition coefficient (Wildman–Crippen LogP) is 4.33. The van der Waals surface area contributed by atoms with Crippen LogP contribution in [0.2, 0.25) is 0 Å². The van der Waals surface area contributed by atoms with Crippen LogP contribution in [0.3, 0.4) is 0 Å². The quantitative estimate of drug-likeness (QED) is 0.724. The van der Waals surface area contributed by atoms with Crippen molar-refractivity contribution in [2.75, 3.05) is 11.4 Å². The third kappa shape index (κ3) is 2.74. The van der Waals surface area contributed by atoms with Crippen molar-refractivity contribution < 1.29 is 4.39 Å². The second-order valence-electron chi connectivity index (χ2n) is 4.63. The van der Waals surface area contributed by atoms with E-state index in [1.54, 1.807) is 6.07 Å². The van der Waals surface area contributed by atoms with Gasteiger partial charge in [0.25, 0.3) is 0 Å². The number of hydrogen-bond donors (Lipinski definition) is 0. The molecule has 0 unspecified atom stereocenters. The first-order valence-corrected chi connectivity index (χ1v) is 6.90. The third-order valence-corrected chi connectivity index (χ3v) is 3.89. The molecular formula is C14H19ClFN. The molecule has 0 radical (unpaired) electrons. The molecule has 0 atom stereocenters. The summed E-state index contributed by atoms with van der Waals surface area (Å²) in [6, 6.07) is 5.56. The van der Waals surface area contributed by atoms with Crippen LogP contribution in [0, 0.1) is 5.82 Å². The highest BCUT2D eigenvalue weighted by molar-refractivity contribution is 6.17. The van der Waals surface area contributed by atoms with Crippen molar-refractivity contribution >= 4 is 17.3 Å². The van der Waals surface area contributed by atoms with E-state index >= 15 is 0 Å². The normalized spacial score (nSPS) is 16.4. The molecule has 2 rings (SSSR count). The van der Waals surface area contributed by atoms with Crippen LogP contribution in [-0.2, 0) is 5.88 Å². The Balaban J connectivity index is 2.29. The first kappa shape index (κ1) is 12.7. The molecule has 0 aliphatic heterocycles. The van der Waals surface area contributed by atoms with Crippen LogP contribution in [0.4, 0.5) is 10.1 Å². The lowest BCUT2D eigenvalue weighted by atomic mass is 10.1. The maximum atomic E-state index is 13.2. The molecule has 0 heterocycles. The Kier molecular flexibility index (Phi) is 4.27. The SMILES string of the molecule is CCN(c1ccc(F)cc1CCl)C1CCCC1. The zero-order valence-electron chi connectivity index (χ0n) is 10.3. The number of benzene rings is 1. The molecular weight excluding hydrogens is 237 g/mol. The summed E-state index contributed by atoms with van der Waals surface area (Å²) >= 11 is 5.92. The second-order valence-corrected chi connectivity index (χ2v) is 4.90. The maximum absolute atomic E-state index is 13.2. The van der Waals surface area contributed by atoms with Gasteiger partial charge in [0.05, 0.1) is 0 Å². The van der Waals surface area contributed by atoms with Gasteiger partial charge in [-0.15, -0.1) is 11.6 Å². The second kappa shape index (κ2) is 5.72. The van der Waals surface area contributed by atoms with Crippen molar-refractivity contribution in [1.29, 1.82) is 0 Å². The number of nitrogens with zero attached hydrogens (tertiary/aromatic N) is 1. The molecule has 0 spiro atoms. The molecule has 1 aliphatic rings.